The Kier molecular flexibility index (Phi) is 2.85. The highest BCUT2D eigenvalue weighted by Crippen LogP contribution is 2.17. The maximum absolute atomic E-state index is 12.8. The van der Waals surface area contributed by atoms with Crippen LogP contribution >= 0.6 is 11.6 Å². The first-order valence-electron chi connectivity index (χ1n) is 3.05. The Morgan fingerprint density at radius 2 is 2.50 bits per heavy atom. The maximum Gasteiger partial charge on any atom is 0.217 e. The molecule has 0 bridgehead atoms. The smallest absolute Gasteiger partial charge is 0.217 e. The highest BCUT2D eigenvalue weighted by atomic mass is 35.5. The molecule has 1 aromatic rings. The summed E-state index contributed by atoms with van der Waals surface area (Å²) in [6.45, 7) is -0.116. The Morgan fingerprint density at radius 1 is 1.75 bits per heavy atom. The largest absolute Gasteiger partial charge is 0.228 e. The molecule has 1 rings (SSSR count). The number of hydrogen-bond acceptors (Lipinski definition) is 2. The van der Waals surface area contributed by atoms with Crippen LogP contribution in [0.5, 0.6) is 0 Å². The zero-order valence-electron chi connectivity index (χ0n) is 5.91. The first-order chi connectivity index (χ1) is 5.75. The second-order valence-corrected chi connectivity index (χ2v) is 2.36. The van der Waals surface area contributed by atoms with E-state index in [1.54, 1.807) is 0 Å². The van der Waals surface area contributed by atoms with E-state index in [9.17, 15) is 4.39 Å². The van der Waals surface area contributed by atoms with Gasteiger partial charge in [-0.2, -0.15) is 4.39 Å². The summed E-state index contributed by atoms with van der Waals surface area (Å²) in [7, 11) is 0. The quantitative estimate of drug-likeness (QED) is 0.303. The van der Waals surface area contributed by atoms with Crippen LogP contribution in [0.4, 0.5) is 4.39 Å². The van der Waals surface area contributed by atoms with Crippen molar-refractivity contribution in [3.63, 3.8) is 0 Å². The number of aromatic nitrogens is 1. The van der Waals surface area contributed by atoms with Gasteiger partial charge in [0.05, 0.1) is 6.54 Å². The van der Waals surface area contributed by atoms with Crippen LogP contribution in [-0.4, -0.2) is 4.98 Å². The van der Waals surface area contributed by atoms with E-state index in [-0.39, 0.29) is 17.1 Å². The van der Waals surface area contributed by atoms with Crippen LogP contribution in [0.3, 0.4) is 0 Å². The summed E-state index contributed by atoms with van der Waals surface area (Å²) < 4.78 is 12.8. The highest BCUT2D eigenvalue weighted by molar-refractivity contribution is 6.31. The first kappa shape index (κ1) is 8.77. The van der Waals surface area contributed by atoms with Gasteiger partial charge in [0.25, 0.3) is 0 Å². The minimum absolute atomic E-state index is 0.116. The van der Waals surface area contributed by atoms with Crippen molar-refractivity contribution in [1.29, 1.82) is 0 Å². The summed E-state index contributed by atoms with van der Waals surface area (Å²) in [4.78, 5) is 5.84. The predicted octanol–water partition coefficient (Wildman–Crippen LogP) is 2.68. The van der Waals surface area contributed by atoms with Crippen LogP contribution in [0.2, 0.25) is 5.02 Å². The Labute approximate surface area is 72.6 Å². The van der Waals surface area contributed by atoms with Crippen molar-refractivity contribution in [3.8, 4) is 0 Å². The van der Waals surface area contributed by atoms with E-state index in [0.29, 0.717) is 0 Å². The van der Waals surface area contributed by atoms with Gasteiger partial charge in [0.15, 0.2) is 0 Å². The minimum atomic E-state index is -0.699. The van der Waals surface area contributed by atoms with Crippen LogP contribution in [0.15, 0.2) is 17.4 Å². The van der Waals surface area contributed by atoms with Gasteiger partial charge in [0.2, 0.25) is 5.95 Å². The molecular weight excluding hydrogens is 183 g/mol. The van der Waals surface area contributed by atoms with Gasteiger partial charge >= 0.3 is 0 Å². The molecule has 0 amide bonds. The molecule has 4 nitrogen and oxygen atoms in total. The molecule has 6 heteroatoms. The highest BCUT2D eigenvalue weighted by Gasteiger charge is 2.05. The van der Waals surface area contributed by atoms with Gasteiger partial charge in [-0.05, 0) is 11.6 Å². The lowest BCUT2D eigenvalue weighted by atomic mass is 10.3. The van der Waals surface area contributed by atoms with Gasteiger partial charge < -0.3 is 0 Å². The molecule has 0 aliphatic rings. The van der Waals surface area contributed by atoms with Crippen molar-refractivity contribution < 1.29 is 4.39 Å². The van der Waals surface area contributed by atoms with E-state index in [0.717, 1.165) is 0 Å². The molecule has 62 valence electrons. The van der Waals surface area contributed by atoms with Gasteiger partial charge in [0, 0.05) is 21.7 Å². The maximum atomic E-state index is 12.8. The van der Waals surface area contributed by atoms with E-state index in [4.69, 9.17) is 17.1 Å². The molecule has 0 spiro atoms. The second kappa shape index (κ2) is 3.90. The van der Waals surface area contributed by atoms with Crippen LogP contribution in [0.25, 0.3) is 10.4 Å². The van der Waals surface area contributed by atoms with Crippen molar-refractivity contribution in [2.24, 2.45) is 5.11 Å². The molecule has 0 saturated heterocycles. The van der Waals surface area contributed by atoms with Crippen molar-refractivity contribution in [2.75, 3.05) is 0 Å². The normalized spacial score (nSPS) is 9.17. The average molecular weight is 187 g/mol. The number of hydrogen-bond donors (Lipinski definition) is 0. The summed E-state index contributed by atoms with van der Waals surface area (Å²) >= 11 is 5.60. The SMILES string of the molecule is [N-]=[N+]=NCc1c(Cl)ccnc1F. The van der Waals surface area contributed by atoms with E-state index in [1.165, 1.54) is 12.3 Å². The Morgan fingerprint density at radius 3 is 3.08 bits per heavy atom. The zero-order chi connectivity index (χ0) is 8.97. The minimum Gasteiger partial charge on any atom is -0.228 e. The summed E-state index contributed by atoms with van der Waals surface area (Å²) in [6, 6.07) is 1.44. The first-order valence-corrected chi connectivity index (χ1v) is 3.43. The van der Waals surface area contributed by atoms with Gasteiger partial charge in [0.1, 0.15) is 0 Å². The molecule has 0 atom stereocenters. The molecule has 1 aromatic heterocycles. The van der Waals surface area contributed by atoms with Gasteiger partial charge in [-0.1, -0.05) is 16.7 Å². The van der Waals surface area contributed by atoms with Crippen LogP contribution in [0, 0.1) is 5.95 Å². The third-order valence-electron chi connectivity index (χ3n) is 1.24. The van der Waals surface area contributed by atoms with E-state index in [1.807, 2.05) is 0 Å². The topological polar surface area (TPSA) is 61.7 Å². The van der Waals surface area contributed by atoms with Gasteiger partial charge in [-0.25, -0.2) is 4.98 Å². The number of rotatable bonds is 2. The molecular formula is C6H4ClFN4. The van der Waals surface area contributed by atoms with Crippen molar-refractivity contribution in [2.45, 2.75) is 6.54 Å². The van der Waals surface area contributed by atoms with Gasteiger partial charge in [-0.3, -0.25) is 0 Å². The summed E-state index contributed by atoms with van der Waals surface area (Å²) in [5.74, 6) is -0.699. The van der Waals surface area contributed by atoms with Crippen molar-refractivity contribution in [1.82, 2.24) is 4.98 Å². The molecule has 0 saturated carbocycles. The molecule has 0 aliphatic heterocycles. The van der Waals surface area contributed by atoms with E-state index >= 15 is 0 Å². The lowest BCUT2D eigenvalue weighted by Crippen LogP contribution is -1.92. The summed E-state index contributed by atoms with van der Waals surface area (Å²) in [5.41, 5.74) is 8.10. The third-order valence-corrected chi connectivity index (χ3v) is 1.59. The number of azide groups is 1. The molecule has 12 heavy (non-hydrogen) atoms. The Balaban J connectivity index is 3.03. The number of halogens is 2. The molecule has 1 heterocycles. The molecule has 0 aromatic carbocycles. The average Bonchev–Trinajstić information content (AvgIpc) is 2.04. The van der Waals surface area contributed by atoms with Crippen molar-refractivity contribution >= 4 is 11.6 Å². The van der Waals surface area contributed by atoms with E-state index < -0.39 is 5.95 Å². The lowest BCUT2D eigenvalue weighted by molar-refractivity contribution is 0.567. The van der Waals surface area contributed by atoms with Crippen LogP contribution < -0.4 is 0 Å². The van der Waals surface area contributed by atoms with Crippen LogP contribution in [-0.2, 0) is 6.54 Å². The van der Waals surface area contributed by atoms with E-state index in [2.05, 4.69) is 15.0 Å². The zero-order valence-corrected chi connectivity index (χ0v) is 6.66. The molecule has 0 unspecified atom stereocenters. The van der Waals surface area contributed by atoms with Gasteiger partial charge in [-0.15, -0.1) is 0 Å². The number of nitrogens with zero attached hydrogens (tertiary/aromatic N) is 4. The monoisotopic (exact) mass is 186 g/mol. The summed E-state index contributed by atoms with van der Waals surface area (Å²) in [6.07, 6.45) is 1.25. The molecule has 0 N–H and O–H groups in total. The molecule has 0 radical (unpaired) electrons. The summed E-state index contributed by atoms with van der Waals surface area (Å²) in [5, 5.41) is 3.40. The molecule has 0 fully saturated rings. The number of pyridine rings is 1. The van der Waals surface area contributed by atoms with Crippen molar-refractivity contribution in [3.05, 3.63) is 39.2 Å². The standard InChI is InChI=1S/C6H4ClFN4/c7-5-1-2-10-6(8)4(5)3-11-12-9/h1-2H,3H2. The predicted molar refractivity (Wildman–Crippen MR) is 42.1 cm³/mol. The fourth-order valence-electron chi connectivity index (χ4n) is 0.688. The fraction of sp³-hybridized carbons (Fsp3) is 0.167. The lowest BCUT2D eigenvalue weighted by Gasteiger charge is -1.98. The van der Waals surface area contributed by atoms with Crippen LogP contribution in [0.1, 0.15) is 5.56 Å². The third kappa shape index (κ3) is 1.84. The Bertz CT molecular complexity index is 314. The Hall–Kier alpha value is -1.32. The fourth-order valence-corrected chi connectivity index (χ4v) is 0.882. The second-order valence-electron chi connectivity index (χ2n) is 1.95. The molecule has 0 aliphatic carbocycles.